The fraction of sp³-hybridized carbons (Fsp3) is 0.500. The summed E-state index contributed by atoms with van der Waals surface area (Å²) in [7, 11) is 1.83. The van der Waals surface area contributed by atoms with E-state index in [4.69, 9.17) is 5.11 Å². The van der Waals surface area contributed by atoms with Crippen LogP contribution in [0.2, 0.25) is 0 Å². The lowest BCUT2D eigenvalue weighted by Gasteiger charge is -2.01. The van der Waals surface area contributed by atoms with Gasteiger partial charge in [0.15, 0.2) is 5.82 Å². The lowest BCUT2D eigenvalue weighted by molar-refractivity contribution is -0.137. The fourth-order valence-corrected chi connectivity index (χ4v) is 1.73. The number of aliphatic carboxylic acids is 1. The maximum absolute atomic E-state index is 10.6. The molecule has 0 fully saturated rings. The van der Waals surface area contributed by atoms with Crippen molar-refractivity contribution in [3.05, 3.63) is 11.9 Å². The molecule has 1 N–H and O–H groups in total. The molecule has 0 saturated carbocycles. The predicted octanol–water partition coefficient (Wildman–Crippen LogP) is 0.111. The molecule has 0 atom stereocenters. The normalized spacial score (nSPS) is 10.8. The van der Waals surface area contributed by atoms with Crippen LogP contribution in [-0.4, -0.2) is 41.1 Å². The van der Waals surface area contributed by atoms with E-state index in [-0.39, 0.29) is 13.0 Å². The monoisotopic (exact) mass is 250 g/mol. The first kappa shape index (κ1) is 12.2. The lowest BCUT2D eigenvalue weighted by Crippen LogP contribution is -2.08. The minimum absolute atomic E-state index is 0.0141. The van der Waals surface area contributed by atoms with Gasteiger partial charge < -0.3 is 5.11 Å². The van der Waals surface area contributed by atoms with Gasteiger partial charge in [-0.05, 0) is 16.8 Å². The first-order valence-corrected chi connectivity index (χ1v) is 5.62. The summed E-state index contributed by atoms with van der Waals surface area (Å²) in [5.74, 6) is -0.320. The largest absolute Gasteiger partial charge is 0.481 e. The molecule has 0 unspecified atom stereocenters. The Labute approximate surface area is 103 Å². The summed E-state index contributed by atoms with van der Waals surface area (Å²) >= 11 is 0. The van der Waals surface area contributed by atoms with Crippen molar-refractivity contribution in [1.82, 2.24) is 30.0 Å². The summed E-state index contributed by atoms with van der Waals surface area (Å²) in [5, 5.41) is 24.3. The maximum Gasteiger partial charge on any atom is 0.305 e. The molecule has 0 amide bonds. The van der Waals surface area contributed by atoms with Crippen LogP contribution in [0.3, 0.4) is 0 Å². The predicted molar refractivity (Wildman–Crippen MR) is 61.6 cm³/mol. The molecule has 2 aromatic rings. The SMILES string of the molecule is CCc1nn(C)cc1-c1nnnn1CCC(=O)O. The number of rotatable bonds is 5. The number of carboxylic acid groups (broad SMARTS) is 1. The Kier molecular flexibility index (Phi) is 3.35. The van der Waals surface area contributed by atoms with E-state index in [1.807, 2.05) is 20.2 Å². The van der Waals surface area contributed by atoms with Crippen LogP contribution in [0.15, 0.2) is 6.20 Å². The molecule has 0 spiro atoms. The van der Waals surface area contributed by atoms with Crippen LogP contribution in [-0.2, 0) is 24.8 Å². The smallest absolute Gasteiger partial charge is 0.305 e. The zero-order valence-corrected chi connectivity index (χ0v) is 10.2. The first-order valence-electron chi connectivity index (χ1n) is 5.62. The van der Waals surface area contributed by atoms with Gasteiger partial charge in [-0.15, -0.1) is 5.10 Å². The van der Waals surface area contributed by atoms with Crippen LogP contribution in [0.5, 0.6) is 0 Å². The summed E-state index contributed by atoms with van der Waals surface area (Å²) in [5.41, 5.74) is 1.74. The van der Waals surface area contributed by atoms with E-state index in [1.54, 1.807) is 4.68 Å². The van der Waals surface area contributed by atoms with E-state index in [0.717, 1.165) is 17.7 Å². The van der Waals surface area contributed by atoms with E-state index >= 15 is 0 Å². The van der Waals surface area contributed by atoms with Gasteiger partial charge >= 0.3 is 5.97 Å². The second-order valence-electron chi connectivity index (χ2n) is 3.89. The molecule has 0 aliphatic heterocycles. The average molecular weight is 250 g/mol. The summed E-state index contributed by atoms with van der Waals surface area (Å²) in [6, 6.07) is 0. The number of carboxylic acids is 1. The molecule has 8 heteroatoms. The van der Waals surface area contributed by atoms with Crippen molar-refractivity contribution in [3.63, 3.8) is 0 Å². The van der Waals surface area contributed by atoms with Gasteiger partial charge in [-0.3, -0.25) is 9.48 Å². The molecule has 0 aliphatic rings. The van der Waals surface area contributed by atoms with Crippen LogP contribution >= 0.6 is 0 Å². The molecule has 96 valence electrons. The Bertz CT molecular complexity index is 558. The highest BCUT2D eigenvalue weighted by molar-refractivity contribution is 5.66. The molecule has 0 aliphatic carbocycles. The quantitative estimate of drug-likeness (QED) is 0.808. The summed E-state index contributed by atoms with van der Waals surface area (Å²) in [6.07, 6.45) is 2.59. The molecular weight excluding hydrogens is 236 g/mol. The first-order chi connectivity index (χ1) is 8.61. The van der Waals surface area contributed by atoms with E-state index in [0.29, 0.717) is 5.82 Å². The Balaban J connectivity index is 2.32. The molecule has 0 bridgehead atoms. The Morgan fingerprint density at radius 3 is 2.94 bits per heavy atom. The van der Waals surface area contributed by atoms with Crippen LogP contribution in [0, 0.1) is 0 Å². The number of hydrogen-bond donors (Lipinski definition) is 1. The highest BCUT2D eigenvalue weighted by Crippen LogP contribution is 2.20. The van der Waals surface area contributed by atoms with Gasteiger partial charge in [0.25, 0.3) is 0 Å². The maximum atomic E-state index is 10.6. The summed E-state index contributed by atoms with van der Waals surface area (Å²) < 4.78 is 3.19. The van der Waals surface area contributed by atoms with Crippen molar-refractivity contribution in [2.24, 2.45) is 7.05 Å². The number of nitrogens with zero attached hydrogens (tertiary/aromatic N) is 6. The van der Waals surface area contributed by atoms with Crippen molar-refractivity contribution in [3.8, 4) is 11.4 Å². The second-order valence-corrected chi connectivity index (χ2v) is 3.89. The van der Waals surface area contributed by atoms with Crippen molar-refractivity contribution in [2.45, 2.75) is 26.3 Å². The van der Waals surface area contributed by atoms with Crippen LogP contribution in [0.25, 0.3) is 11.4 Å². The Hall–Kier alpha value is -2.25. The second kappa shape index (κ2) is 4.94. The number of aromatic nitrogens is 6. The minimum atomic E-state index is -0.877. The third-order valence-corrected chi connectivity index (χ3v) is 2.55. The standard InChI is InChI=1S/C10H14N6O2/c1-3-8-7(6-15(2)12-8)10-11-13-14-16(10)5-4-9(17)18/h6H,3-5H2,1-2H3,(H,17,18). The van der Waals surface area contributed by atoms with Crippen molar-refractivity contribution >= 4 is 5.97 Å². The van der Waals surface area contributed by atoms with Gasteiger partial charge in [0.05, 0.1) is 24.2 Å². The molecule has 2 rings (SSSR count). The number of hydrogen-bond acceptors (Lipinski definition) is 5. The van der Waals surface area contributed by atoms with Crippen molar-refractivity contribution in [1.29, 1.82) is 0 Å². The van der Waals surface area contributed by atoms with E-state index < -0.39 is 5.97 Å². The van der Waals surface area contributed by atoms with Crippen molar-refractivity contribution in [2.75, 3.05) is 0 Å². The fourth-order valence-electron chi connectivity index (χ4n) is 1.73. The average Bonchev–Trinajstić information content (AvgIpc) is 2.91. The lowest BCUT2D eigenvalue weighted by atomic mass is 10.2. The number of tetrazole rings is 1. The van der Waals surface area contributed by atoms with Crippen molar-refractivity contribution < 1.29 is 9.90 Å². The molecule has 0 radical (unpaired) electrons. The zero-order valence-electron chi connectivity index (χ0n) is 10.2. The van der Waals surface area contributed by atoms with Crippen LogP contribution in [0.1, 0.15) is 19.0 Å². The van der Waals surface area contributed by atoms with E-state index in [9.17, 15) is 4.79 Å². The highest BCUT2D eigenvalue weighted by atomic mass is 16.4. The highest BCUT2D eigenvalue weighted by Gasteiger charge is 2.16. The van der Waals surface area contributed by atoms with Gasteiger partial charge in [0.1, 0.15) is 0 Å². The van der Waals surface area contributed by atoms with Gasteiger partial charge in [-0.25, -0.2) is 4.68 Å². The third kappa shape index (κ3) is 2.36. The molecular formula is C10H14N6O2. The van der Waals surface area contributed by atoms with Crippen LogP contribution in [0.4, 0.5) is 0 Å². The van der Waals surface area contributed by atoms with E-state index in [2.05, 4.69) is 20.6 Å². The molecule has 0 saturated heterocycles. The molecule has 18 heavy (non-hydrogen) atoms. The van der Waals surface area contributed by atoms with Gasteiger partial charge in [-0.1, -0.05) is 6.92 Å². The number of carbonyl (C=O) groups is 1. The Morgan fingerprint density at radius 2 is 2.28 bits per heavy atom. The van der Waals surface area contributed by atoms with Gasteiger partial charge in [0, 0.05) is 13.2 Å². The molecule has 2 heterocycles. The van der Waals surface area contributed by atoms with Gasteiger partial charge in [-0.2, -0.15) is 5.10 Å². The minimum Gasteiger partial charge on any atom is -0.481 e. The Morgan fingerprint density at radius 1 is 1.50 bits per heavy atom. The van der Waals surface area contributed by atoms with Crippen LogP contribution < -0.4 is 0 Å². The third-order valence-electron chi connectivity index (χ3n) is 2.55. The molecule has 0 aromatic carbocycles. The summed E-state index contributed by atoms with van der Waals surface area (Å²) in [6.45, 7) is 2.24. The van der Waals surface area contributed by atoms with E-state index in [1.165, 1.54) is 4.68 Å². The molecule has 2 aromatic heterocycles. The molecule has 8 nitrogen and oxygen atoms in total. The topological polar surface area (TPSA) is 98.7 Å². The zero-order chi connectivity index (χ0) is 13.1. The summed E-state index contributed by atoms with van der Waals surface area (Å²) in [4.78, 5) is 10.6. The van der Waals surface area contributed by atoms with Gasteiger partial charge in [0.2, 0.25) is 0 Å². The number of aryl methyl sites for hydroxylation is 3.